The zero-order chi connectivity index (χ0) is 28.2. The molecule has 4 aliphatic rings. The first kappa shape index (κ1) is 26.6. The zero-order valence-corrected chi connectivity index (χ0v) is 23.1. The maximum Gasteiger partial charge on any atom is 0.250 e. The number of nitrogens with zero attached hydrogens (tertiary/aromatic N) is 6. The predicted molar refractivity (Wildman–Crippen MR) is 145 cm³/mol. The van der Waals surface area contributed by atoms with Crippen LogP contribution >= 0.6 is 0 Å². The van der Waals surface area contributed by atoms with Crippen molar-refractivity contribution in [1.82, 2.24) is 29.7 Å². The normalized spacial score (nSPS) is 30.6. The van der Waals surface area contributed by atoms with Crippen LogP contribution in [0.4, 0.5) is 0 Å². The van der Waals surface area contributed by atoms with Crippen LogP contribution in [0.5, 0.6) is 0 Å². The Balaban J connectivity index is 1.43. The van der Waals surface area contributed by atoms with Gasteiger partial charge in [0.2, 0.25) is 11.8 Å². The van der Waals surface area contributed by atoms with Crippen molar-refractivity contribution < 1.29 is 24.2 Å². The molecular weight excluding hydrogens is 512 g/mol. The van der Waals surface area contributed by atoms with E-state index in [0.717, 1.165) is 17.5 Å². The van der Waals surface area contributed by atoms with Crippen molar-refractivity contribution in [2.45, 2.75) is 57.6 Å². The fourth-order valence-corrected chi connectivity index (χ4v) is 6.93. The number of fused-ring (bicyclic) bond motifs is 3. The summed E-state index contributed by atoms with van der Waals surface area (Å²) in [5.41, 5.74) is 0.174. The molecule has 0 radical (unpaired) electrons. The van der Waals surface area contributed by atoms with Gasteiger partial charge >= 0.3 is 0 Å². The summed E-state index contributed by atoms with van der Waals surface area (Å²) in [4.78, 5) is 47.7. The second-order valence-corrected chi connectivity index (χ2v) is 11.5. The molecule has 6 atom stereocenters. The molecule has 4 aliphatic heterocycles. The molecule has 3 amide bonds. The lowest BCUT2D eigenvalue weighted by Gasteiger charge is -2.39. The van der Waals surface area contributed by atoms with Gasteiger partial charge in [0, 0.05) is 19.6 Å². The van der Waals surface area contributed by atoms with Crippen LogP contribution in [0.1, 0.15) is 27.2 Å². The van der Waals surface area contributed by atoms with Crippen molar-refractivity contribution in [1.29, 1.82) is 0 Å². The Labute approximate surface area is 233 Å². The van der Waals surface area contributed by atoms with Gasteiger partial charge in [-0.3, -0.25) is 14.4 Å². The molecular formula is C29H36N6O5. The van der Waals surface area contributed by atoms with E-state index < -0.39 is 35.6 Å². The molecule has 0 bridgehead atoms. The van der Waals surface area contributed by atoms with E-state index in [1.54, 1.807) is 14.5 Å². The molecule has 2 aromatic rings. The van der Waals surface area contributed by atoms with Crippen molar-refractivity contribution in [2.24, 2.45) is 17.8 Å². The lowest BCUT2D eigenvalue weighted by Crippen LogP contribution is -2.59. The van der Waals surface area contributed by atoms with Gasteiger partial charge in [-0.2, -0.15) is 0 Å². The Morgan fingerprint density at radius 2 is 1.85 bits per heavy atom. The minimum Gasteiger partial charge on any atom is -0.394 e. The van der Waals surface area contributed by atoms with Gasteiger partial charge in [-0.15, -0.1) is 5.10 Å². The lowest BCUT2D eigenvalue weighted by molar-refractivity contribution is -0.153. The van der Waals surface area contributed by atoms with Gasteiger partial charge in [-0.05, 0) is 24.5 Å². The summed E-state index contributed by atoms with van der Waals surface area (Å²) in [7, 11) is 0. The smallest absolute Gasteiger partial charge is 0.250 e. The second-order valence-electron chi connectivity index (χ2n) is 11.5. The van der Waals surface area contributed by atoms with Gasteiger partial charge in [0.15, 0.2) is 0 Å². The molecule has 40 heavy (non-hydrogen) atoms. The highest BCUT2D eigenvalue weighted by atomic mass is 16.5. The van der Waals surface area contributed by atoms with E-state index in [1.807, 2.05) is 69.3 Å². The topological polar surface area (TPSA) is 121 Å². The Kier molecular flexibility index (Phi) is 6.74. The van der Waals surface area contributed by atoms with Gasteiger partial charge in [-0.1, -0.05) is 62.4 Å². The molecule has 11 heteroatoms. The van der Waals surface area contributed by atoms with E-state index in [4.69, 9.17) is 4.74 Å². The van der Waals surface area contributed by atoms with E-state index in [-0.39, 0.29) is 43.5 Å². The highest BCUT2D eigenvalue weighted by Gasteiger charge is 2.72. The monoisotopic (exact) mass is 548 g/mol. The Morgan fingerprint density at radius 3 is 2.60 bits per heavy atom. The number of aromatic nitrogens is 3. The number of aliphatic hydroxyl groups is 1. The number of para-hydroxylation sites is 1. The van der Waals surface area contributed by atoms with Crippen molar-refractivity contribution in [3.05, 3.63) is 48.6 Å². The van der Waals surface area contributed by atoms with Crippen LogP contribution in [0.15, 0.2) is 48.6 Å². The standard InChI is InChI=1S/C29H36N6O5/c1-4-13-32-14-7-11-22-23(26(32)37)24-27(38)35(21(16-36)18(2)3)25-28(39)33(15-8-12-29(24,25)40-22)17-34-20-10-6-5-9-19(20)30-31-34/h5-12,18,21-25,36H,4,13-17H2,1-3H3/t21-,22-,23+,24-,25?,29-/m0/s1. The van der Waals surface area contributed by atoms with Gasteiger partial charge in [0.25, 0.3) is 5.91 Å². The highest BCUT2D eigenvalue weighted by molar-refractivity contribution is 6.00. The highest BCUT2D eigenvalue weighted by Crippen LogP contribution is 2.54. The fourth-order valence-electron chi connectivity index (χ4n) is 6.93. The van der Waals surface area contributed by atoms with E-state index in [2.05, 4.69) is 10.3 Å². The predicted octanol–water partition coefficient (Wildman–Crippen LogP) is 1.19. The molecule has 1 spiro atoms. The second kappa shape index (κ2) is 10.1. The summed E-state index contributed by atoms with van der Waals surface area (Å²) >= 11 is 0. The van der Waals surface area contributed by atoms with Crippen molar-refractivity contribution in [2.75, 3.05) is 26.2 Å². The van der Waals surface area contributed by atoms with E-state index in [0.29, 0.717) is 13.1 Å². The van der Waals surface area contributed by atoms with E-state index >= 15 is 0 Å². The van der Waals surface area contributed by atoms with Gasteiger partial charge in [0.05, 0.1) is 36.1 Å². The first-order valence-corrected chi connectivity index (χ1v) is 14.1. The van der Waals surface area contributed by atoms with Gasteiger partial charge in [0.1, 0.15) is 23.8 Å². The minimum atomic E-state index is -1.33. The number of ether oxygens (including phenoxy) is 1. The Bertz CT molecular complexity index is 1390. The van der Waals surface area contributed by atoms with Crippen LogP contribution in [0.25, 0.3) is 11.0 Å². The van der Waals surface area contributed by atoms with Crippen molar-refractivity contribution in [3.8, 4) is 0 Å². The number of aliphatic hydroxyl groups excluding tert-OH is 1. The van der Waals surface area contributed by atoms with E-state index in [1.165, 1.54) is 4.90 Å². The molecule has 5 heterocycles. The van der Waals surface area contributed by atoms with Crippen molar-refractivity contribution >= 4 is 28.8 Å². The molecule has 1 aromatic carbocycles. The van der Waals surface area contributed by atoms with Crippen LogP contribution in [-0.4, -0.2) is 103 Å². The van der Waals surface area contributed by atoms with Gasteiger partial charge in [-0.25, -0.2) is 4.68 Å². The number of carbonyl (C=O) groups excluding carboxylic acids is 3. The van der Waals surface area contributed by atoms with Crippen LogP contribution in [0.2, 0.25) is 0 Å². The molecule has 212 valence electrons. The molecule has 2 fully saturated rings. The molecule has 0 saturated carbocycles. The number of hydrogen-bond donors (Lipinski definition) is 1. The fraction of sp³-hybridized carbons (Fsp3) is 0.552. The van der Waals surface area contributed by atoms with E-state index in [9.17, 15) is 19.5 Å². The SMILES string of the molecule is CCCN1CC=C[C@@H]2O[C@]34C=CCN(Cn5nnc6ccccc65)C(=O)C3N([C@@H](CO)C(C)C)C(=O)[C@@H]4[C@@H]2C1=O. The molecule has 6 rings (SSSR count). The summed E-state index contributed by atoms with van der Waals surface area (Å²) in [6, 6.07) is 5.87. The maximum atomic E-state index is 14.5. The average molecular weight is 549 g/mol. The first-order chi connectivity index (χ1) is 19.3. The van der Waals surface area contributed by atoms with Crippen LogP contribution in [0.3, 0.4) is 0 Å². The average Bonchev–Trinajstić information content (AvgIpc) is 3.49. The number of carbonyl (C=O) groups is 3. The third-order valence-corrected chi connectivity index (χ3v) is 8.80. The third-order valence-electron chi connectivity index (χ3n) is 8.80. The number of rotatable bonds is 7. The summed E-state index contributed by atoms with van der Waals surface area (Å²) in [5, 5.41) is 18.9. The largest absolute Gasteiger partial charge is 0.394 e. The first-order valence-electron chi connectivity index (χ1n) is 14.1. The summed E-state index contributed by atoms with van der Waals surface area (Å²) in [6.07, 6.45) is 7.64. The third kappa shape index (κ3) is 3.89. The number of amides is 3. The lowest BCUT2D eigenvalue weighted by atomic mass is 9.77. The minimum absolute atomic E-state index is 0.129. The summed E-state index contributed by atoms with van der Waals surface area (Å²) < 4.78 is 8.35. The number of likely N-dealkylation sites (tertiary alicyclic amines) is 1. The maximum absolute atomic E-state index is 14.5. The number of hydrogen-bond acceptors (Lipinski definition) is 7. The molecule has 11 nitrogen and oxygen atoms in total. The molecule has 2 saturated heterocycles. The molecule has 1 unspecified atom stereocenters. The van der Waals surface area contributed by atoms with Crippen LogP contribution < -0.4 is 0 Å². The van der Waals surface area contributed by atoms with Crippen LogP contribution in [-0.2, 0) is 25.8 Å². The molecule has 1 N–H and O–H groups in total. The Morgan fingerprint density at radius 1 is 1.07 bits per heavy atom. The number of benzene rings is 1. The summed E-state index contributed by atoms with van der Waals surface area (Å²) in [5.74, 6) is -2.52. The summed E-state index contributed by atoms with van der Waals surface area (Å²) in [6.45, 7) is 6.97. The quantitative estimate of drug-likeness (QED) is 0.516. The Hall–Kier alpha value is -3.57. The molecule has 1 aromatic heterocycles. The van der Waals surface area contributed by atoms with Gasteiger partial charge < -0.3 is 24.5 Å². The van der Waals surface area contributed by atoms with Crippen LogP contribution in [0, 0.1) is 17.8 Å². The zero-order valence-electron chi connectivity index (χ0n) is 23.1. The molecule has 0 aliphatic carbocycles. The van der Waals surface area contributed by atoms with Crippen molar-refractivity contribution in [3.63, 3.8) is 0 Å².